The molecule has 4 rings (SSSR count). The number of ether oxygens (including phenoxy) is 2. The Kier molecular flexibility index (Phi) is 4.31. The molecule has 0 radical (unpaired) electrons. The first-order valence-electron chi connectivity index (χ1n) is 8.54. The maximum Gasteiger partial charge on any atom is 0.226 e. The van der Waals surface area contributed by atoms with Crippen LogP contribution in [0.1, 0.15) is 24.1 Å². The smallest absolute Gasteiger partial charge is 0.226 e. The van der Waals surface area contributed by atoms with Crippen molar-refractivity contribution in [1.82, 2.24) is 14.8 Å². The lowest BCUT2D eigenvalue weighted by Gasteiger charge is -2.24. The topological polar surface area (TPSA) is 61.2 Å². The molecule has 0 aliphatic carbocycles. The molecule has 1 atom stereocenters. The number of nitrogens with zero attached hydrogens (tertiary/aromatic N) is 3. The molecule has 26 heavy (non-hydrogen) atoms. The number of fused-ring (bicyclic) bond motifs is 1. The van der Waals surface area contributed by atoms with E-state index in [1.807, 2.05) is 48.0 Å². The van der Waals surface area contributed by atoms with E-state index >= 15 is 0 Å². The number of hydrogen-bond donors (Lipinski definition) is 1. The third-order valence-corrected chi connectivity index (χ3v) is 4.32. The van der Waals surface area contributed by atoms with Gasteiger partial charge in [0.15, 0.2) is 0 Å². The minimum Gasteiger partial charge on any atom is -0.497 e. The van der Waals surface area contributed by atoms with Gasteiger partial charge in [0.25, 0.3) is 0 Å². The number of allylic oxidation sites excluding steroid dienone is 1. The van der Waals surface area contributed by atoms with Gasteiger partial charge in [0.1, 0.15) is 23.9 Å². The molecule has 1 aliphatic rings. The minimum absolute atomic E-state index is 0.0503. The fraction of sp³-hybridized carbons (Fsp3) is 0.200. The van der Waals surface area contributed by atoms with E-state index in [1.165, 1.54) is 0 Å². The van der Waals surface area contributed by atoms with Crippen LogP contribution >= 0.6 is 0 Å². The summed E-state index contributed by atoms with van der Waals surface area (Å²) in [5.41, 5.74) is 3.12. The van der Waals surface area contributed by atoms with Gasteiger partial charge in [0, 0.05) is 11.3 Å². The molecule has 132 valence electrons. The first kappa shape index (κ1) is 16.2. The quantitative estimate of drug-likeness (QED) is 0.761. The summed E-state index contributed by atoms with van der Waals surface area (Å²) in [7, 11) is 1.67. The Hall–Kier alpha value is -3.28. The lowest BCUT2D eigenvalue weighted by molar-refractivity contribution is 0.340. The van der Waals surface area contributed by atoms with Crippen molar-refractivity contribution in [3.63, 3.8) is 0 Å². The molecule has 0 bridgehead atoms. The standard InChI is InChI=1S/C20H20N4O2/c1-3-26-16-9-7-14(8-10-16)19-12-18(23-20-21-13-22-24(19)20)15-5-4-6-17(11-15)25-2/h4-13,19H,3H2,1-2H3,(H,21,22,23)/t19-/m1/s1. The molecule has 0 amide bonds. The van der Waals surface area contributed by atoms with Crippen molar-refractivity contribution in [2.24, 2.45) is 0 Å². The van der Waals surface area contributed by atoms with Crippen molar-refractivity contribution in [3.05, 3.63) is 72.1 Å². The van der Waals surface area contributed by atoms with Gasteiger partial charge in [-0.1, -0.05) is 24.3 Å². The van der Waals surface area contributed by atoms with E-state index in [-0.39, 0.29) is 6.04 Å². The van der Waals surface area contributed by atoms with Crippen LogP contribution in [-0.2, 0) is 0 Å². The number of hydrogen-bond acceptors (Lipinski definition) is 5. The number of nitrogens with one attached hydrogen (secondary N) is 1. The second kappa shape index (κ2) is 6.92. The lowest BCUT2D eigenvalue weighted by Crippen LogP contribution is -2.20. The zero-order valence-electron chi connectivity index (χ0n) is 14.7. The summed E-state index contributed by atoms with van der Waals surface area (Å²) in [6.07, 6.45) is 3.71. The number of benzene rings is 2. The molecule has 0 saturated heterocycles. The van der Waals surface area contributed by atoms with E-state index in [9.17, 15) is 0 Å². The van der Waals surface area contributed by atoms with Crippen LogP contribution in [-0.4, -0.2) is 28.5 Å². The summed E-state index contributed by atoms with van der Waals surface area (Å²) in [4.78, 5) is 4.34. The van der Waals surface area contributed by atoms with Crippen molar-refractivity contribution in [2.75, 3.05) is 19.0 Å². The molecule has 6 heteroatoms. The molecule has 6 nitrogen and oxygen atoms in total. The predicted octanol–water partition coefficient (Wildman–Crippen LogP) is 3.74. The number of aromatic nitrogens is 3. The Bertz CT molecular complexity index is 931. The third kappa shape index (κ3) is 3.01. The van der Waals surface area contributed by atoms with E-state index in [0.717, 1.165) is 28.3 Å². The van der Waals surface area contributed by atoms with E-state index in [2.05, 4.69) is 33.6 Å². The normalized spacial score (nSPS) is 15.6. The van der Waals surface area contributed by atoms with Gasteiger partial charge in [-0.25, -0.2) is 4.68 Å². The summed E-state index contributed by atoms with van der Waals surface area (Å²) in [6, 6.07) is 16.0. The molecule has 0 unspecified atom stereocenters. The van der Waals surface area contributed by atoms with E-state index in [0.29, 0.717) is 12.6 Å². The molecule has 1 N–H and O–H groups in total. The van der Waals surface area contributed by atoms with Crippen LogP contribution in [0.3, 0.4) is 0 Å². The average molecular weight is 348 g/mol. The maximum absolute atomic E-state index is 5.54. The van der Waals surface area contributed by atoms with Gasteiger partial charge in [-0.2, -0.15) is 10.1 Å². The van der Waals surface area contributed by atoms with Crippen molar-refractivity contribution in [1.29, 1.82) is 0 Å². The van der Waals surface area contributed by atoms with Gasteiger partial charge in [0.2, 0.25) is 5.95 Å². The third-order valence-electron chi connectivity index (χ3n) is 4.32. The number of methoxy groups -OCH3 is 1. The van der Waals surface area contributed by atoms with Crippen molar-refractivity contribution in [3.8, 4) is 11.5 Å². The molecule has 0 saturated carbocycles. The Morgan fingerprint density at radius 1 is 1.12 bits per heavy atom. The van der Waals surface area contributed by atoms with Gasteiger partial charge >= 0.3 is 0 Å². The zero-order chi connectivity index (χ0) is 17.9. The SMILES string of the molecule is CCOc1ccc([C@H]2C=C(c3cccc(OC)c3)Nc3ncnn32)cc1. The highest BCUT2D eigenvalue weighted by Crippen LogP contribution is 2.33. The van der Waals surface area contributed by atoms with Crippen LogP contribution in [0.5, 0.6) is 11.5 Å². The van der Waals surface area contributed by atoms with Gasteiger partial charge < -0.3 is 14.8 Å². The highest BCUT2D eigenvalue weighted by Gasteiger charge is 2.23. The van der Waals surface area contributed by atoms with E-state index < -0.39 is 0 Å². The summed E-state index contributed by atoms with van der Waals surface area (Å²) < 4.78 is 12.8. The molecular formula is C20H20N4O2. The second-order valence-corrected chi connectivity index (χ2v) is 5.91. The Morgan fingerprint density at radius 3 is 2.73 bits per heavy atom. The van der Waals surface area contributed by atoms with Crippen LogP contribution in [0.15, 0.2) is 60.9 Å². The highest BCUT2D eigenvalue weighted by molar-refractivity contribution is 5.77. The van der Waals surface area contributed by atoms with Crippen LogP contribution in [0.25, 0.3) is 5.70 Å². The number of rotatable bonds is 5. The molecule has 1 aliphatic heterocycles. The zero-order valence-corrected chi connectivity index (χ0v) is 14.7. The molecule has 0 spiro atoms. The highest BCUT2D eigenvalue weighted by atomic mass is 16.5. The molecular weight excluding hydrogens is 328 g/mol. The van der Waals surface area contributed by atoms with Gasteiger partial charge in [-0.15, -0.1) is 0 Å². The Morgan fingerprint density at radius 2 is 1.96 bits per heavy atom. The molecule has 2 heterocycles. The van der Waals surface area contributed by atoms with E-state index in [4.69, 9.17) is 9.47 Å². The summed E-state index contributed by atoms with van der Waals surface area (Å²) in [6.45, 7) is 2.63. The Balaban J connectivity index is 1.73. The average Bonchev–Trinajstić information content (AvgIpc) is 3.17. The first-order chi connectivity index (χ1) is 12.8. The van der Waals surface area contributed by atoms with Crippen LogP contribution in [0.2, 0.25) is 0 Å². The fourth-order valence-electron chi connectivity index (χ4n) is 3.06. The van der Waals surface area contributed by atoms with Gasteiger partial charge in [0.05, 0.1) is 13.7 Å². The van der Waals surface area contributed by atoms with Crippen LogP contribution in [0, 0.1) is 0 Å². The van der Waals surface area contributed by atoms with Crippen LogP contribution < -0.4 is 14.8 Å². The summed E-state index contributed by atoms with van der Waals surface area (Å²) in [5, 5.41) is 7.72. The maximum atomic E-state index is 5.54. The van der Waals surface area contributed by atoms with Gasteiger partial charge in [-0.05, 0) is 42.8 Å². The molecule has 1 aromatic heterocycles. The lowest BCUT2D eigenvalue weighted by atomic mass is 10.0. The second-order valence-electron chi connectivity index (χ2n) is 5.91. The summed E-state index contributed by atoms with van der Waals surface area (Å²) in [5.74, 6) is 2.39. The predicted molar refractivity (Wildman–Crippen MR) is 100 cm³/mol. The van der Waals surface area contributed by atoms with Crippen molar-refractivity contribution in [2.45, 2.75) is 13.0 Å². The first-order valence-corrected chi connectivity index (χ1v) is 8.54. The minimum atomic E-state index is -0.0503. The molecule has 0 fully saturated rings. The van der Waals surface area contributed by atoms with Crippen LogP contribution in [0.4, 0.5) is 5.95 Å². The van der Waals surface area contributed by atoms with E-state index in [1.54, 1.807) is 13.4 Å². The number of anilines is 1. The van der Waals surface area contributed by atoms with Gasteiger partial charge in [-0.3, -0.25) is 0 Å². The van der Waals surface area contributed by atoms with Crippen molar-refractivity contribution >= 4 is 11.6 Å². The fourth-order valence-corrected chi connectivity index (χ4v) is 3.06. The molecule has 2 aromatic carbocycles. The molecule has 3 aromatic rings. The summed E-state index contributed by atoms with van der Waals surface area (Å²) >= 11 is 0. The largest absolute Gasteiger partial charge is 0.497 e. The monoisotopic (exact) mass is 348 g/mol. The van der Waals surface area contributed by atoms with Crippen molar-refractivity contribution < 1.29 is 9.47 Å². The Labute approximate surface area is 152 Å².